The highest BCUT2D eigenvalue weighted by atomic mass is 32.2. The maximum Gasteiger partial charge on any atom is 0.155 e. The molecule has 1 heteroatoms. The van der Waals surface area contributed by atoms with Gasteiger partial charge >= 0.3 is 0 Å². The minimum absolute atomic E-state index is 0.574. The first-order chi connectivity index (χ1) is 7.93. The van der Waals surface area contributed by atoms with E-state index in [0.29, 0.717) is 10.9 Å². The van der Waals surface area contributed by atoms with Gasteiger partial charge in [-0.15, -0.1) is 0 Å². The molecule has 1 aliphatic carbocycles. The Hall–Kier alpha value is -0.430. The van der Waals surface area contributed by atoms with E-state index in [1.165, 1.54) is 44.3 Å². The molecule has 1 saturated heterocycles. The molecular formula is C15H21S+. The van der Waals surface area contributed by atoms with Gasteiger partial charge in [-0.1, -0.05) is 31.0 Å². The van der Waals surface area contributed by atoms with Crippen LogP contribution in [0.2, 0.25) is 0 Å². The van der Waals surface area contributed by atoms with Crippen LogP contribution in [-0.2, 0) is 10.9 Å². The highest BCUT2D eigenvalue weighted by molar-refractivity contribution is 7.97. The minimum atomic E-state index is 0.574. The fourth-order valence-electron chi connectivity index (χ4n) is 3.30. The Labute approximate surface area is 102 Å². The molecule has 1 aromatic carbocycles. The van der Waals surface area contributed by atoms with Gasteiger partial charge in [0.15, 0.2) is 4.90 Å². The molecule has 1 aliphatic heterocycles. The molecule has 2 fully saturated rings. The summed E-state index contributed by atoms with van der Waals surface area (Å²) < 4.78 is 0. The molecule has 1 saturated carbocycles. The van der Waals surface area contributed by atoms with Crippen LogP contribution in [0.25, 0.3) is 0 Å². The van der Waals surface area contributed by atoms with Gasteiger partial charge in [-0.05, 0) is 43.7 Å². The number of benzene rings is 1. The fourth-order valence-corrected chi connectivity index (χ4v) is 6.30. The minimum Gasteiger partial charge on any atom is -0.0619 e. The van der Waals surface area contributed by atoms with Crippen LogP contribution in [0.3, 0.4) is 0 Å². The van der Waals surface area contributed by atoms with E-state index in [1.807, 2.05) is 0 Å². The predicted molar refractivity (Wildman–Crippen MR) is 71.9 cm³/mol. The van der Waals surface area contributed by atoms with Crippen molar-refractivity contribution in [3.63, 3.8) is 0 Å². The summed E-state index contributed by atoms with van der Waals surface area (Å²) in [6, 6.07) is 11.3. The number of hydrogen-bond donors (Lipinski definition) is 0. The van der Waals surface area contributed by atoms with Crippen molar-refractivity contribution in [3.8, 4) is 0 Å². The summed E-state index contributed by atoms with van der Waals surface area (Å²) in [7, 11) is 0.574. The summed E-state index contributed by atoms with van der Waals surface area (Å²) in [6.07, 6.45) is 9.01. The molecule has 3 rings (SSSR count). The van der Waals surface area contributed by atoms with Crippen molar-refractivity contribution >= 4 is 10.9 Å². The van der Waals surface area contributed by atoms with Crippen molar-refractivity contribution in [1.82, 2.24) is 0 Å². The summed E-state index contributed by atoms with van der Waals surface area (Å²) >= 11 is 0. The molecule has 2 aliphatic rings. The van der Waals surface area contributed by atoms with Crippen LogP contribution in [0, 0.1) is 5.92 Å². The second-order valence-corrected chi connectivity index (χ2v) is 7.65. The first-order valence-corrected chi connectivity index (χ1v) is 8.14. The molecule has 86 valence electrons. The molecule has 3 atom stereocenters. The van der Waals surface area contributed by atoms with E-state index in [2.05, 4.69) is 30.3 Å². The predicted octanol–water partition coefficient (Wildman–Crippen LogP) is 4.02. The number of fused-ring (bicyclic) bond motifs is 2. The van der Waals surface area contributed by atoms with Crippen molar-refractivity contribution < 1.29 is 0 Å². The highest BCUT2D eigenvalue weighted by Crippen LogP contribution is 2.38. The molecule has 0 radical (unpaired) electrons. The Morgan fingerprint density at radius 3 is 2.62 bits per heavy atom. The summed E-state index contributed by atoms with van der Waals surface area (Å²) in [5.74, 6) is 2.54. The van der Waals surface area contributed by atoms with E-state index in [1.54, 1.807) is 4.90 Å². The topological polar surface area (TPSA) is 0 Å². The van der Waals surface area contributed by atoms with Gasteiger partial charge < -0.3 is 0 Å². The maximum atomic E-state index is 2.36. The van der Waals surface area contributed by atoms with Gasteiger partial charge in [0.05, 0.1) is 0 Å². The largest absolute Gasteiger partial charge is 0.155 e. The average molecular weight is 233 g/mol. The van der Waals surface area contributed by atoms with Gasteiger partial charge in [-0.25, -0.2) is 0 Å². The molecule has 0 spiro atoms. The molecule has 0 N–H and O–H groups in total. The molecule has 3 unspecified atom stereocenters. The molecule has 0 amide bonds. The van der Waals surface area contributed by atoms with Gasteiger partial charge in [0.25, 0.3) is 0 Å². The lowest BCUT2D eigenvalue weighted by Crippen LogP contribution is -2.32. The lowest BCUT2D eigenvalue weighted by molar-refractivity contribution is 0.439. The molecule has 0 nitrogen and oxygen atoms in total. The van der Waals surface area contributed by atoms with Crippen LogP contribution in [0.4, 0.5) is 0 Å². The van der Waals surface area contributed by atoms with Crippen molar-refractivity contribution in [2.75, 3.05) is 5.75 Å². The van der Waals surface area contributed by atoms with Crippen LogP contribution in [0.15, 0.2) is 35.2 Å². The lowest BCUT2D eigenvalue weighted by atomic mass is 9.97. The third-order valence-corrected chi connectivity index (χ3v) is 6.97. The third kappa shape index (κ3) is 2.15. The van der Waals surface area contributed by atoms with Crippen LogP contribution >= 0.6 is 0 Å². The van der Waals surface area contributed by atoms with Crippen molar-refractivity contribution in [2.24, 2.45) is 5.92 Å². The summed E-state index contributed by atoms with van der Waals surface area (Å²) in [4.78, 5) is 1.63. The second kappa shape index (κ2) is 4.83. The summed E-state index contributed by atoms with van der Waals surface area (Å²) in [5.41, 5.74) is 0. The third-order valence-electron chi connectivity index (χ3n) is 4.18. The smallest absolute Gasteiger partial charge is 0.0619 e. The monoisotopic (exact) mass is 233 g/mol. The van der Waals surface area contributed by atoms with E-state index in [9.17, 15) is 0 Å². The Balaban J connectivity index is 1.81. The lowest BCUT2D eigenvalue weighted by Gasteiger charge is -2.26. The van der Waals surface area contributed by atoms with Crippen molar-refractivity contribution in [2.45, 2.75) is 48.7 Å². The van der Waals surface area contributed by atoms with E-state index in [0.717, 1.165) is 11.2 Å². The molecule has 0 aromatic heterocycles. The van der Waals surface area contributed by atoms with Gasteiger partial charge in [0.1, 0.15) is 11.0 Å². The zero-order valence-corrected chi connectivity index (χ0v) is 10.7. The SMILES string of the molecule is c1ccc([S+]2CCC3CCCCC2C3)cc1. The Bertz CT molecular complexity index is 333. The second-order valence-electron chi connectivity index (χ2n) is 5.24. The summed E-state index contributed by atoms with van der Waals surface area (Å²) in [5, 5.41) is 1.02. The summed E-state index contributed by atoms with van der Waals surface area (Å²) in [6.45, 7) is 0. The molecule has 1 heterocycles. The molecule has 16 heavy (non-hydrogen) atoms. The van der Waals surface area contributed by atoms with Gasteiger partial charge in [0.2, 0.25) is 0 Å². The Morgan fingerprint density at radius 2 is 1.75 bits per heavy atom. The van der Waals surface area contributed by atoms with E-state index in [4.69, 9.17) is 0 Å². The van der Waals surface area contributed by atoms with Crippen molar-refractivity contribution in [1.29, 1.82) is 0 Å². The van der Waals surface area contributed by atoms with Crippen LogP contribution in [0.1, 0.15) is 38.5 Å². The van der Waals surface area contributed by atoms with Crippen LogP contribution < -0.4 is 0 Å². The quantitative estimate of drug-likeness (QED) is 0.643. The highest BCUT2D eigenvalue weighted by Gasteiger charge is 2.40. The first kappa shape index (κ1) is 10.7. The van der Waals surface area contributed by atoms with Gasteiger partial charge in [-0.3, -0.25) is 0 Å². The van der Waals surface area contributed by atoms with E-state index in [-0.39, 0.29) is 0 Å². The van der Waals surface area contributed by atoms with Gasteiger partial charge in [-0.2, -0.15) is 0 Å². The Kier molecular flexibility index (Phi) is 3.23. The van der Waals surface area contributed by atoms with Crippen LogP contribution in [0.5, 0.6) is 0 Å². The number of hydrogen-bond acceptors (Lipinski definition) is 0. The number of rotatable bonds is 1. The average Bonchev–Trinajstić information content (AvgIpc) is 2.53. The normalized spacial score (nSPS) is 34.4. The van der Waals surface area contributed by atoms with Crippen molar-refractivity contribution in [3.05, 3.63) is 30.3 Å². The van der Waals surface area contributed by atoms with Crippen LogP contribution in [-0.4, -0.2) is 11.0 Å². The molecule has 1 aromatic rings. The Morgan fingerprint density at radius 1 is 0.938 bits per heavy atom. The fraction of sp³-hybridized carbons (Fsp3) is 0.600. The zero-order valence-electron chi connectivity index (χ0n) is 9.90. The van der Waals surface area contributed by atoms with E-state index >= 15 is 0 Å². The first-order valence-electron chi connectivity index (χ1n) is 6.68. The molecule has 2 bridgehead atoms. The van der Waals surface area contributed by atoms with Gasteiger partial charge in [0, 0.05) is 10.9 Å². The molecular weight excluding hydrogens is 212 g/mol. The van der Waals surface area contributed by atoms with E-state index < -0.39 is 0 Å². The standard InChI is InChI=1S/C15H21S/c1-2-7-14(8-3-1)16-11-10-13-6-4-5-9-15(16)12-13/h1-3,7-8,13,15H,4-6,9-12H2/q+1. The maximum absolute atomic E-state index is 2.36. The zero-order chi connectivity index (χ0) is 10.8.